The van der Waals surface area contributed by atoms with E-state index in [2.05, 4.69) is 18.8 Å². The lowest BCUT2D eigenvalue weighted by Gasteiger charge is -2.30. The Bertz CT molecular complexity index is 192. The SMILES string of the molecule is C=C/C(OC)=C(\CC)C1CNC1.CC. The van der Waals surface area contributed by atoms with Crippen molar-refractivity contribution in [1.82, 2.24) is 5.32 Å². The highest BCUT2D eigenvalue weighted by Gasteiger charge is 2.22. The summed E-state index contributed by atoms with van der Waals surface area (Å²) in [6, 6.07) is 0. The van der Waals surface area contributed by atoms with E-state index in [4.69, 9.17) is 4.74 Å². The Hall–Kier alpha value is -0.760. The lowest BCUT2D eigenvalue weighted by atomic mass is 9.90. The highest BCUT2D eigenvalue weighted by Crippen LogP contribution is 2.23. The van der Waals surface area contributed by atoms with Crippen LogP contribution in [0.3, 0.4) is 0 Å². The van der Waals surface area contributed by atoms with Crippen molar-refractivity contribution in [3.63, 3.8) is 0 Å². The molecule has 0 saturated carbocycles. The molecule has 1 heterocycles. The maximum absolute atomic E-state index is 5.24. The Kier molecular flexibility index (Phi) is 7.21. The van der Waals surface area contributed by atoms with Crippen molar-refractivity contribution < 1.29 is 4.74 Å². The van der Waals surface area contributed by atoms with E-state index in [1.54, 1.807) is 13.2 Å². The van der Waals surface area contributed by atoms with Crippen LogP contribution in [-0.2, 0) is 4.74 Å². The maximum Gasteiger partial charge on any atom is 0.117 e. The van der Waals surface area contributed by atoms with Gasteiger partial charge in [-0.15, -0.1) is 0 Å². The van der Waals surface area contributed by atoms with E-state index in [0.29, 0.717) is 5.92 Å². The maximum atomic E-state index is 5.24. The van der Waals surface area contributed by atoms with Gasteiger partial charge in [0.25, 0.3) is 0 Å². The molecule has 1 fully saturated rings. The summed E-state index contributed by atoms with van der Waals surface area (Å²) >= 11 is 0. The average molecular weight is 197 g/mol. The van der Waals surface area contributed by atoms with Gasteiger partial charge in [-0.05, 0) is 18.1 Å². The van der Waals surface area contributed by atoms with E-state index in [1.807, 2.05) is 13.8 Å². The van der Waals surface area contributed by atoms with E-state index < -0.39 is 0 Å². The lowest BCUT2D eigenvalue weighted by Crippen LogP contribution is -2.43. The smallest absolute Gasteiger partial charge is 0.117 e. The first kappa shape index (κ1) is 13.2. The van der Waals surface area contributed by atoms with Gasteiger partial charge in [0.15, 0.2) is 0 Å². The van der Waals surface area contributed by atoms with Gasteiger partial charge in [-0.1, -0.05) is 27.4 Å². The van der Waals surface area contributed by atoms with Crippen LogP contribution in [0.2, 0.25) is 0 Å². The van der Waals surface area contributed by atoms with Crippen LogP contribution in [0.5, 0.6) is 0 Å². The van der Waals surface area contributed by atoms with Crippen molar-refractivity contribution in [2.45, 2.75) is 27.2 Å². The van der Waals surface area contributed by atoms with Crippen molar-refractivity contribution in [2.75, 3.05) is 20.2 Å². The lowest BCUT2D eigenvalue weighted by molar-refractivity contribution is 0.284. The van der Waals surface area contributed by atoms with Gasteiger partial charge in [0.05, 0.1) is 7.11 Å². The Morgan fingerprint density at radius 2 is 2.07 bits per heavy atom. The normalized spacial score (nSPS) is 17.1. The van der Waals surface area contributed by atoms with E-state index in [9.17, 15) is 0 Å². The standard InChI is InChI=1S/C10H17NO.C2H6/c1-4-9(8-6-11-7-8)10(5-2)12-3;1-2/h5,8,11H,2,4,6-7H2,1,3H3;1-2H3/b10-9-;. The van der Waals surface area contributed by atoms with Gasteiger partial charge in [0.1, 0.15) is 5.76 Å². The summed E-state index contributed by atoms with van der Waals surface area (Å²) in [6.07, 6.45) is 2.86. The number of hydrogen-bond donors (Lipinski definition) is 1. The molecule has 0 radical (unpaired) electrons. The molecule has 0 spiro atoms. The van der Waals surface area contributed by atoms with Crippen LogP contribution in [0.4, 0.5) is 0 Å². The minimum atomic E-state index is 0.669. The summed E-state index contributed by atoms with van der Waals surface area (Å²) in [7, 11) is 1.71. The van der Waals surface area contributed by atoms with Crippen molar-refractivity contribution >= 4 is 0 Å². The number of methoxy groups -OCH3 is 1. The molecule has 82 valence electrons. The molecule has 0 atom stereocenters. The first-order valence-electron chi connectivity index (χ1n) is 5.43. The molecule has 0 unspecified atom stereocenters. The second-order valence-electron chi connectivity index (χ2n) is 3.01. The summed E-state index contributed by atoms with van der Waals surface area (Å²) in [5.41, 5.74) is 1.39. The second-order valence-corrected chi connectivity index (χ2v) is 3.01. The van der Waals surface area contributed by atoms with Crippen LogP contribution in [0.25, 0.3) is 0 Å². The molecule has 1 N–H and O–H groups in total. The third-order valence-electron chi connectivity index (χ3n) is 2.38. The zero-order chi connectivity index (χ0) is 11.0. The predicted molar refractivity (Wildman–Crippen MR) is 62.2 cm³/mol. The minimum Gasteiger partial charge on any atom is -0.497 e. The highest BCUT2D eigenvalue weighted by molar-refractivity contribution is 5.22. The van der Waals surface area contributed by atoms with Gasteiger partial charge in [-0.3, -0.25) is 0 Å². The molecule has 2 nitrogen and oxygen atoms in total. The zero-order valence-corrected chi connectivity index (χ0v) is 9.89. The molecule has 1 aliphatic heterocycles. The number of nitrogens with one attached hydrogen (secondary N) is 1. The van der Waals surface area contributed by atoms with E-state index in [-0.39, 0.29) is 0 Å². The Balaban J connectivity index is 0.000000791. The average Bonchev–Trinajstić information content (AvgIpc) is 2.18. The summed E-state index contributed by atoms with van der Waals surface area (Å²) in [5, 5.41) is 3.26. The fraction of sp³-hybridized carbons (Fsp3) is 0.667. The molecular formula is C12H23NO. The number of hydrogen-bond acceptors (Lipinski definition) is 2. The second kappa shape index (κ2) is 7.63. The van der Waals surface area contributed by atoms with Gasteiger partial charge < -0.3 is 10.1 Å². The van der Waals surface area contributed by atoms with Crippen LogP contribution >= 0.6 is 0 Å². The van der Waals surface area contributed by atoms with Crippen molar-refractivity contribution in [2.24, 2.45) is 5.92 Å². The van der Waals surface area contributed by atoms with Gasteiger partial charge >= 0.3 is 0 Å². The molecule has 0 aliphatic carbocycles. The molecule has 2 heteroatoms. The molecule has 1 rings (SSSR count). The van der Waals surface area contributed by atoms with Gasteiger partial charge in [0, 0.05) is 19.0 Å². The molecule has 0 aromatic rings. The summed E-state index contributed by atoms with van der Waals surface area (Å²) in [5.74, 6) is 1.63. The largest absolute Gasteiger partial charge is 0.497 e. The fourth-order valence-electron chi connectivity index (χ4n) is 1.54. The fourth-order valence-corrected chi connectivity index (χ4v) is 1.54. The predicted octanol–water partition coefficient (Wildman–Crippen LogP) is 2.73. The van der Waals surface area contributed by atoms with Crippen molar-refractivity contribution in [3.8, 4) is 0 Å². The first-order chi connectivity index (χ1) is 6.83. The number of allylic oxidation sites excluding steroid dienone is 1. The highest BCUT2D eigenvalue weighted by atomic mass is 16.5. The van der Waals surface area contributed by atoms with Gasteiger partial charge in [-0.2, -0.15) is 0 Å². The van der Waals surface area contributed by atoms with Gasteiger partial charge in [-0.25, -0.2) is 0 Å². The van der Waals surface area contributed by atoms with Crippen molar-refractivity contribution in [1.29, 1.82) is 0 Å². The molecule has 0 aromatic carbocycles. The van der Waals surface area contributed by atoms with E-state index >= 15 is 0 Å². The third kappa shape index (κ3) is 3.18. The van der Waals surface area contributed by atoms with E-state index in [0.717, 1.165) is 25.3 Å². The first-order valence-corrected chi connectivity index (χ1v) is 5.43. The summed E-state index contributed by atoms with van der Waals surface area (Å²) < 4.78 is 5.24. The van der Waals surface area contributed by atoms with E-state index in [1.165, 1.54) is 5.57 Å². The van der Waals surface area contributed by atoms with Crippen LogP contribution < -0.4 is 5.32 Å². The molecule has 1 aliphatic rings. The molecular weight excluding hydrogens is 174 g/mol. The summed E-state index contributed by atoms with van der Waals surface area (Å²) in [4.78, 5) is 0. The van der Waals surface area contributed by atoms with Crippen LogP contribution in [0.1, 0.15) is 27.2 Å². The number of rotatable bonds is 4. The Morgan fingerprint density at radius 1 is 1.50 bits per heavy atom. The molecule has 14 heavy (non-hydrogen) atoms. The van der Waals surface area contributed by atoms with Crippen molar-refractivity contribution in [3.05, 3.63) is 24.0 Å². The summed E-state index contributed by atoms with van der Waals surface area (Å²) in [6.45, 7) is 12.1. The zero-order valence-electron chi connectivity index (χ0n) is 9.89. The Morgan fingerprint density at radius 3 is 2.29 bits per heavy atom. The van der Waals surface area contributed by atoms with Crippen LogP contribution in [-0.4, -0.2) is 20.2 Å². The molecule has 0 amide bonds. The monoisotopic (exact) mass is 197 g/mol. The topological polar surface area (TPSA) is 21.3 Å². The quantitative estimate of drug-likeness (QED) is 0.552. The van der Waals surface area contributed by atoms with Crippen LogP contribution in [0.15, 0.2) is 24.0 Å². The van der Waals surface area contributed by atoms with Gasteiger partial charge in [0.2, 0.25) is 0 Å². The molecule has 0 bridgehead atoms. The third-order valence-corrected chi connectivity index (χ3v) is 2.38. The molecule has 0 aromatic heterocycles. The van der Waals surface area contributed by atoms with Crippen LogP contribution in [0, 0.1) is 5.92 Å². The molecule has 1 saturated heterocycles. The minimum absolute atomic E-state index is 0.669. The Labute approximate surface area is 88.0 Å². The number of ether oxygens (including phenoxy) is 1.